The first-order valence-corrected chi connectivity index (χ1v) is 46.6. The maximum absolute atomic E-state index is 15.6. The summed E-state index contributed by atoms with van der Waals surface area (Å²) in [5, 5.41) is 104. The number of guanidine groups is 1. The number of ether oxygens (including phenoxy) is 3. The molecule has 8 heterocycles. The highest BCUT2D eigenvalue weighted by Gasteiger charge is 2.79. The molecule has 1 aliphatic carbocycles. The number of amides is 7. The van der Waals surface area contributed by atoms with Gasteiger partial charge in [-0.25, -0.2) is 29.8 Å². The molecule has 1 spiro atoms. The van der Waals surface area contributed by atoms with Gasteiger partial charge in [0.25, 0.3) is 17.4 Å². The maximum atomic E-state index is 15.6. The van der Waals surface area contributed by atoms with Crippen LogP contribution in [0.4, 0.5) is 22.1 Å². The maximum Gasteiger partial charge on any atom is 0.426 e. The number of methoxy groups -OCH3 is 2. The molecule has 137 heavy (non-hydrogen) atoms. The number of benzene rings is 3. The molecule has 6 aromatic rings. The van der Waals surface area contributed by atoms with Crippen molar-refractivity contribution in [3.05, 3.63) is 123 Å². The van der Waals surface area contributed by atoms with Crippen LogP contribution in [0.5, 0.6) is 5.75 Å². The molecule has 7 amide bonds. The lowest BCUT2D eigenvalue weighted by Crippen LogP contribution is -2.82. The number of nitrogens with one attached hydrogen (secondary N) is 11. The van der Waals surface area contributed by atoms with E-state index in [1.807, 2.05) is 62.4 Å². The van der Waals surface area contributed by atoms with E-state index in [0.717, 1.165) is 45.0 Å². The molecule has 2 saturated heterocycles. The van der Waals surface area contributed by atoms with Crippen LogP contribution in [0.3, 0.4) is 0 Å². The number of esters is 1. The molecule has 3 aromatic heterocycles. The minimum Gasteiger partial charge on any atom is -0.496 e. The monoisotopic (exact) mass is 1950 g/mol. The van der Waals surface area contributed by atoms with Gasteiger partial charge in [-0.3, -0.25) is 82.7 Å². The Bertz CT molecular complexity index is 5710. The molecule has 12 rings (SSSR count). The number of aromatic nitrogens is 5. The highest BCUT2D eigenvalue weighted by atomic mass is 33.1. The number of nitrogen functional groups attached to an aromatic ring is 1. The molecule has 25 N–H and O–H groups in total. The first-order valence-electron chi connectivity index (χ1n) is 44.2. The highest BCUT2D eigenvalue weighted by molar-refractivity contribution is 8.76. The van der Waals surface area contributed by atoms with Gasteiger partial charge in [0.1, 0.15) is 48.0 Å². The van der Waals surface area contributed by atoms with Gasteiger partial charge in [0.05, 0.1) is 75.6 Å². The summed E-state index contributed by atoms with van der Waals surface area (Å²) in [6.45, 7) is 7.72. The number of piperidine rings is 1. The third-order valence-electron chi connectivity index (χ3n) is 26.0. The van der Waals surface area contributed by atoms with Gasteiger partial charge in [-0.2, -0.15) is 4.98 Å². The van der Waals surface area contributed by atoms with Crippen molar-refractivity contribution in [3.63, 3.8) is 0 Å². The number of hydrogen-bond donors (Lipinski definition) is 22. The van der Waals surface area contributed by atoms with E-state index in [4.69, 9.17) is 36.5 Å². The van der Waals surface area contributed by atoms with Gasteiger partial charge in [0.15, 0.2) is 28.5 Å². The van der Waals surface area contributed by atoms with Gasteiger partial charge >= 0.3 is 41.9 Å². The van der Waals surface area contributed by atoms with E-state index in [-0.39, 0.29) is 97.9 Å². The van der Waals surface area contributed by atoms with Gasteiger partial charge in [-0.1, -0.05) is 65.8 Å². The topological polar surface area (TPSA) is 724 Å². The molecule has 49 heteroatoms. The minimum atomic E-state index is -2.69. The number of likely N-dealkylation sites (N-methyl/N-ethyl adjacent to an activating group) is 2. The van der Waals surface area contributed by atoms with E-state index < -0.39 is 190 Å². The number of aliphatic hydroxyl groups is 3. The van der Waals surface area contributed by atoms with Crippen LogP contribution < -0.4 is 80.5 Å². The van der Waals surface area contributed by atoms with Gasteiger partial charge in [-0.05, 0) is 132 Å². The second kappa shape index (κ2) is 44.7. The molecule has 16 atom stereocenters. The lowest BCUT2D eigenvalue weighted by atomic mass is 9.47. The number of aliphatic imine (C=N–C) groups is 1. The average Bonchev–Trinajstić information content (AvgIpc) is 1.48. The van der Waals surface area contributed by atoms with Crippen LogP contribution in [0.1, 0.15) is 136 Å². The Morgan fingerprint density at radius 1 is 0.745 bits per heavy atom. The summed E-state index contributed by atoms with van der Waals surface area (Å²) in [5.74, 6) is -14.8. The Balaban J connectivity index is 0.000000375. The number of hydrogen-bond acceptors (Lipinski definition) is 33. The molecule has 740 valence electrons. The number of nitrogens with two attached hydrogens (primary N) is 3. The number of carboxylic acids is 5. The number of ketones is 1. The van der Waals surface area contributed by atoms with Crippen molar-refractivity contribution < 1.29 is 122 Å². The molecule has 5 aliphatic heterocycles. The van der Waals surface area contributed by atoms with E-state index >= 15 is 9.59 Å². The van der Waals surface area contributed by atoms with Crippen molar-refractivity contribution in [1.82, 2.24) is 77.5 Å². The number of anilines is 3. The zero-order valence-electron chi connectivity index (χ0n) is 76.1. The fraction of sp³-hybridized carbons (Fsp3) is 0.511. The molecule has 1 saturated carbocycles. The lowest BCUT2D eigenvalue weighted by Gasteiger charge is -2.63. The number of carbonyl (C=O) groups excluding carboxylic acids is 9. The normalized spacial score (nSPS) is 23.4. The van der Waals surface area contributed by atoms with Crippen LogP contribution in [0.25, 0.3) is 22.1 Å². The number of aliphatic hydroxyl groups excluding tert-OH is 1. The Kier molecular flexibility index (Phi) is 33.9. The van der Waals surface area contributed by atoms with Crippen LogP contribution in [0, 0.1) is 11.3 Å². The Morgan fingerprint density at radius 2 is 1.41 bits per heavy atom. The second-order valence-corrected chi connectivity index (χ2v) is 37.2. The average molecular weight is 1950 g/mol. The van der Waals surface area contributed by atoms with Gasteiger partial charge in [-0.15, -0.1) is 0 Å². The zero-order chi connectivity index (χ0) is 99.9. The summed E-state index contributed by atoms with van der Waals surface area (Å²) in [4.78, 5) is 219. The van der Waals surface area contributed by atoms with Crippen molar-refractivity contribution in [2.75, 3.05) is 102 Å². The molecular formula is C88H115N21O26S2. The number of fused-ring (bicyclic) bond motifs is 7. The van der Waals surface area contributed by atoms with Crippen LogP contribution >= 0.6 is 21.6 Å². The lowest BCUT2D eigenvalue weighted by molar-refractivity contribution is -0.204. The number of carbonyl (C=O) groups is 14. The van der Waals surface area contributed by atoms with Crippen molar-refractivity contribution in [1.29, 1.82) is 0 Å². The molecule has 47 nitrogen and oxygen atoms in total. The molecule has 6 aliphatic rings. The van der Waals surface area contributed by atoms with Gasteiger partial charge in [0.2, 0.25) is 29.6 Å². The molecule has 3 aromatic carbocycles. The van der Waals surface area contributed by atoms with E-state index in [2.05, 4.69) is 87.8 Å². The molecule has 2 bridgehead atoms. The number of nitrogens with zero attached hydrogens (tertiary/aromatic N) is 7. The summed E-state index contributed by atoms with van der Waals surface area (Å²) < 4.78 is 17.7. The van der Waals surface area contributed by atoms with E-state index in [1.54, 1.807) is 24.1 Å². The first kappa shape index (κ1) is 104. The molecule has 0 radical (unpaired) electrons. The number of aromatic amines is 2. The van der Waals surface area contributed by atoms with Gasteiger partial charge < -0.3 is 119 Å². The number of rotatable bonds is 41. The quantitative estimate of drug-likeness (QED) is 0.00413. The predicted molar refractivity (Wildman–Crippen MR) is 496 cm³/mol. The summed E-state index contributed by atoms with van der Waals surface area (Å²) in [6, 6.07) is 7.03. The fourth-order valence-corrected chi connectivity index (χ4v) is 21.8. The van der Waals surface area contributed by atoms with Crippen LogP contribution in [0.2, 0.25) is 0 Å². The van der Waals surface area contributed by atoms with E-state index in [0.29, 0.717) is 104 Å². The van der Waals surface area contributed by atoms with Crippen molar-refractivity contribution in [2.24, 2.45) is 27.8 Å². The smallest absolute Gasteiger partial charge is 0.426 e. The van der Waals surface area contributed by atoms with Crippen LogP contribution in [0.15, 0.2) is 88.8 Å². The fourth-order valence-electron chi connectivity index (χ4n) is 19.8. The SMILES string of the molecule is CC(=O)[C@H](CC(=O)O)NC(=O)CC[C@H](NC(=O)c1ccc(NCc2cnc3nc(N)[nH]c(=O)c3n2)cc1)C(=O)O.CC[C@]1(O)C[C@H]2CN(CCc3c([nH]c4ccccc34)[C@@](C(=O)OC)(c3cc4c(cc3OC)N(C)[C@H]3[C@@](O)(C(=O)NNC(=O)OCCSSC[C@H](NC(=O)[C@H](CC(=O)O)NC(=O)[C@H](CC(=O)O)NC(=O)[C@H](CCCN=C(N)N)NC)C(=O)O)[C@H](O)[C@]5(CC)C=CCN6CC[C@]43[C@@H]65)C2)C1. The molecule has 3 fully saturated rings. The molecular weight excluding hydrogens is 1830 g/mol. The number of Topliss-reactive ketones (excluding diaryl/α,β-unsaturated/α-hetero) is 1. The number of H-pyrrole nitrogens is 2. The molecule has 1 unspecified atom stereocenters. The summed E-state index contributed by atoms with van der Waals surface area (Å²) in [5.41, 5.74) is 18.0. The largest absolute Gasteiger partial charge is 0.496 e. The van der Waals surface area contributed by atoms with Crippen LogP contribution in [-0.4, -0.2) is 316 Å². The minimum absolute atomic E-state index is 0.00921. The Hall–Kier alpha value is -13.3. The zero-order valence-corrected chi connectivity index (χ0v) is 77.8. The summed E-state index contributed by atoms with van der Waals surface area (Å²) in [7, 11) is 7.96. The Morgan fingerprint density at radius 3 is 2.04 bits per heavy atom. The Labute approximate surface area is 791 Å². The second-order valence-electron chi connectivity index (χ2n) is 34.6. The third-order valence-corrected chi connectivity index (χ3v) is 28.4. The van der Waals surface area contributed by atoms with Gasteiger partial charge in [0, 0.05) is 120 Å². The summed E-state index contributed by atoms with van der Waals surface area (Å²) in [6.07, 6.45) is 1.78. The van der Waals surface area contributed by atoms with Crippen molar-refractivity contribution >= 4 is 150 Å². The number of hydrazine groups is 1. The summed E-state index contributed by atoms with van der Waals surface area (Å²) >= 11 is 0. The van der Waals surface area contributed by atoms with Crippen molar-refractivity contribution in [2.45, 2.75) is 187 Å². The highest BCUT2D eigenvalue weighted by Crippen LogP contribution is 2.68. The van der Waals surface area contributed by atoms with Crippen LogP contribution in [-0.2, 0) is 90.8 Å². The van der Waals surface area contributed by atoms with E-state index in [1.165, 1.54) is 39.6 Å². The number of carboxylic acid groups (broad SMARTS) is 5. The van der Waals surface area contributed by atoms with E-state index in [9.17, 15) is 98.1 Å². The first-order chi connectivity index (χ1) is 65.0. The third kappa shape index (κ3) is 23.0. The standard InChI is InChI=1S/C64H89N13O18S2.C24H26N8O8/c1-7-60(91)29-34-30-63(57(89)94-6,48-36(16-21-76(31-34)33-60)35-13-9-10-14-39(35)69-48)38-25-37-44(28-45(38)93-5)75(4)54-62(37)18-22-77-20-12-17-61(8-2,53(62)77)55(87)64(54,92)56(88)73-74-59(90)95-23-24-96-97-32-43(52(85)86)72-51(84)42(27-47(80)81)71-50(83)41(26-46(78)79)70-49(82)40(67-3)15-11-19-68-58(65)66;1-11(33)16(8-18(35)36)29-17(34)7-6-15(23(39)40)30-21(37)12-2-4-13(5-3-12)26-9-14-10-27-20-19(28-14)22(38)32-24(25)31-20/h9-10,12-14,17,25,28,34,40-43,53-55,67,69,87,91-92H,7-8,11,15-16,18-24,26-27,29-33H2,1-6H3,(H,70,82)(H,71,83)(H,72,84)(H,73,88)(H,74,90)(H,78,79)(H,80,81)(H,85,86)(H4,65,66,68);2-5,10,15-16,26H,6-9H2,1H3,(H,29,34)(H,30,37)(H,35,36)(H,39,40)(H3,25,27,31,32,38)/t34-,40+,41+,42+,43+,53+,54-,55-,60+,61-,62-,63+,64+;15-,16-/m10/s1. The number of para-hydroxylation sites is 1. The van der Waals surface area contributed by atoms with Crippen molar-refractivity contribution in [3.8, 4) is 5.75 Å². The predicted octanol–water partition coefficient (Wildman–Crippen LogP) is -1.07. The number of aliphatic carboxylic acids is 5.